The molecule has 2 aromatic rings. The van der Waals surface area contributed by atoms with Gasteiger partial charge in [-0.25, -0.2) is 0 Å². The third-order valence-corrected chi connectivity index (χ3v) is 5.81. The molecule has 0 fully saturated rings. The van der Waals surface area contributed by atoms with Crippen LogP contribution in [-0.4, -0.2) is 30.4 Å². The van der Waals surface area contributed by atoms with Crippen LogP contribution in [0.5, 0.6) is 0 Å². The van der Waals surface area contributed by atoms with E-state index in [1.165, 1.54) is 32.7 Å². The van der Waals surface area contributed by atoms with E-state index >= 15 is 0 Å². The summed E-state index contributed by atoms with van der Waals surface area (Å²) in [5.74, 6) is 0.135. The molecule has 0 aliphatic carbocycles. The predicted octanol–water partition coefficient (Wildman–Crippen LogP) is 3.39. The zero-order chi connectivity index (χ0) is 17.1. The van der Waals surface area contributed by atoms with Gasteiger partial charge < -0.3 is 5.32 Å². The molecule has 1 aliphatic heterocycles. The van der Waals surface area contributed by atoms with Crippen molar-refractivity contribution in [1.29, 1.82) is 0 Å². The van der Waals surface area contributed by atoms with Gasteiger partial charge in [-0.1, -0.05) is 17.7 Å². The van der Waals surface area contributed by atoms with Crippen molar-refractivity contribution in [3.63, 3.8) is 0 Å². The van der Waals surface area contributed by atoms with E-state index < -0.39 is 0 Å². The molecule has 0 atom stereocenters. The van der Waals surface area contributed by atoms with Crippen molar-refractivity contribution in [2.45, 2.75) is 40.2 Å². The number of aryl methyl sites for hydroxylation is 3. The summed E-state index contributed by atoms with van der Waals surface area (Å²) in [5.41, 5.74) is 6.70. The van der Waals surface area contributed by atoms with Crippen molar-refractivity contribution < 1.29 is 4.79 Å². The summed E-state index contributed by atoms with van der Waals surface area (Å²) in [6, 6.07) is 6.62. The smallest absolute Gasteiger partial charge is 0.234 e. The van der Waals surface area contributed by atoms with Crippen molar-refractivity contribution in [1.82, 2.24) is 10.2 Å². The van der Waals surface area contributed by atoms with Gasteiger partial charge in [0.1, 0.15) is 0 Å². The van der Waals surface area contributed by atoms with Gasteiger partial charge in [0, 0.05) is 24.5 Å². The second-order valence-electron chi connectivity index (χ2n) is 6.81. The number of benzene rings is 1. The van der Waals surface area contributed by atoms with Gasteiger partial charge in [-0.15, -0.1) is 11.3 Å². The van der Waals surface area contributed by atoms with Crippen LogP contribution in [0, 0.1) is 20.8 Å². The average molecular weight is 343 g/mol. The summed E-state index contributed by atoms with van der Waals surface area (Å²) >= 11 is 1.83. The van der Waals surface area contributed by atoms with Crippen LogP contribution in [0.4, 0.5) is 0 Å². The van der Waals surface area contributed by atoms with Crippen molar-refractivity contribution >= 4 is 17.2 Å². The van der Waals surface area contributed by atoms with Crippen LogP contribution < -0.4 is 5.32 Å². The van der Waals surface area contributed by atoms with Crippen LogP contribution in [0.1, 0.15) is 32.7 Å². The second-order valence-corrected chi connectivity index (χ2v) is 7.81. The number of fused-ring (bicyclic) bond motifs is 1. The lowest BCUT2D eigenvalue weighted by molar-refractivity contribution is -0.122. The van der Waals surface area contributed by atoms with E-state index in [0.717, 1.165) is 25.9 Å². The lowest BCUT2D eigenvalue weighted by Crippen LogP contribution is -2.40. The first-order valence-electron chi connectivity index (χ1n) is 8.64. The number of carbonyl (C=O) groups excluding carboxylic acids is 1. The topological polar surface area (TPSA) is 32.3 Å². The Balaban J connectivity index is 1.47. The van der Waals surface area contributed by atoms with Crippen LogP contribution in [0.3, 0.4) is 0 Å². The van der Waals surface area contributed by atoms with Crippen LogP contribution in [0.2, 0.25) is 0 Å². The summed E-state index contributed by atoms with van der Waals surface area (Å²) in [7, 11) is 0. The van der Waals surface area contributed by atoms with Gasteiger partial charge in [-0.3, -0.25) is 9.69 Å². The van der Waals surface area contributed by atoms with Gasteiger partial charge in [-0.05, 0) is 67.3 Å². The third kappa shape index (κ3) is 4.05. The Hall–Kier alpha value is -1.65. The molecule has 24 heavy (non-hydrogen) atoms. The minimum absolute atomic E-state index is 0.135. The molecule has 1 aliphatic rings. The lowest BCUT2D eigenvalue weighted by atomic mass is 9.97. The number of nitrogens with zero attached hydrogens (tertiary/aromatic N) is 1. The Morgan fingerprint density at radius 1 is 1.25 bits per heavy atom. The van der Waals surface area contributed by atoms with E-state index in [-0.39, 0.29) is 5.91 Å². The summed E-state index contributed by atoms with van der Waals surface area (Å²) in [6.07, 6.45) is 1.97. The first-order valence-corrected chi connectivity index (χ1v) is 9.52. The molecule has 0 bridgehead atoms. The molecule has 1 N–H and O–H groups in total. The molecule has 0 saturated heterocycles. The summed E-state index contributed by atoms with van der Waals surface area (Å²) < 4.78 is 0. The second kappa shape index (κ2) is 7.49. The zero-order valence-corrected chi connectivity index (χ0v) is 15.6. The average Bonchev–Trinajstić information content (AvgIpc) is 2.97. The summed E-state index contributed by atoms with van der Waals surface area (Å²) in [6.45, 7) is 9.54. The molecule has 2 heterocycles. The molecular weight excluding hydrogens is 316 g/mol. The number of rotatable bonds is 5. The first-order chi connectivity index (χ1) is 11.5. The van der Waals surface area contributed by atoms with Gasteiger partial charge in [0.25, 0.3) is 0 Å². The molecule has 0 unspecified atom stereocenters. The highest BCUT2D eigenvalue weighted by molar-refractivity contribution is 7.10. The van der Waals surface area contributed by atoms with E-state index in [2.05, 4.69) is 54.6 Å². The van der Waals surface area contributed by atoms with Gasteiger partial charge in [0.15, 0.2) is 0 Å². The maximum atomic E-state index is 12.2. The number of carbonyl (C=O) groups is 1. The predicted molar refractivity (Wildman–Crippen MR) is 101 cm³/mol. The normalized spacial score (nSPS) is 14.5. The Morgan fingerprint density at radius 3 is 2.75 bits per heavy atom. The van der Waals surface area contributed by atoms with Crippen molar-refractivity contribution in [2.24, 2.45) is 0 Å². The maximum Gasteiger partial charge on any atom is 0.234 e. The molecule has 3 rings (SSSR count). The Kier molecular flexibility index (Phi) is 5.36. The zero-order valence-electron chi connectivity index (χ0n) is 14.8. The molecule has 1 amide bonds. The van der Waals surface area contributed by atoms with Gasteiger partial charge >= 0.3 is 0 Å². The fourth-order valence-electron chi connectivity index (χ4n) is 3.63. The SMILES string of the molecule is Cc1cc(C)c(CCNC(=O)CN2CCc3sccc3C2)c(C)c1. The van der Waals surface area contributed by atoms with Crippen LogP contribution in [0.25, 0.3) is 0 Å². The highest BCUT2D eigenvalue weighted by atomic mass is 32.1. The Labute approximate surface area is 148 Å². The first kappa shape index (κ1) is 17.2. The fourth-order valence-corrected chi connectivity index (χ4v) is 4.52. The molecule has 1 aromatic carbocycles. The van der Waals surface area contributed by atoms with E-state index in [1.54, 1.807) is 0 Å². The highest BCUT2D eigenvalue weighted by Crippen LogP contribution is 2.23. The largest absolute Gasteiger partial charge is 0.355 e. The molecule has 4 heteroatoms. The lowest BCUT2D eigenvalue weighted by Gasteiger charge is -2.26. The van der Waals surface area contributed by atoms with E-state index in [1.807, 2.05) is 11.3 Å². The minimum Gasteiger partial charge on any atom is -0.355 e. The van der Waals surface area contributed by atoms with Crippen molar-refractivity contribution in [3.05, 3.63) is 56.3 Å². The van der Waals surface area contributed by atoms with Crippen molar-refractivity contribution in [2.75, 3.05) is 19.6 Å². The summed E-state index contributed by atoms with van der Waals surface area (Å²) in [5, 5.41) is 5.24. The van der Waals surface area contributed by atoms with Crippen LogP contribution in [0.15, 0.2) is 23.6 Å². The molecule has 1 aromatic heterocycles. The quantitative estimate of drug-likeness (QED) is 0.903. The monoisotopic (exact) mass is 342 g/mol. The maximum absolute atomic E-state index is 12.2. The highest BCUT2D eigenvalue weighted by Gasteiger charge is 2.19. The summed E-state index contributed by atoms with van der Waals surface area (Å²) in [4.78, 5) is 16.0. The van der Waals surface area contributed by atoms with Gasteiger partial charge in [-0.2, -0.15) is 0 Å². The number of nitrogens with one attached hydrogen (secondary N) is 1. The standard InChI is InChI=1S/C20H26N2OS/c1-14-10-15(2)18(16(3)11-14)4-7-21-20(23)13-22-8-5-19-17(12-22)6-9-24-19/h6,9-11H,4-5,7-8,12-13H2,1-3H3,(H,21,23). The molecular formula is C20H26N2OS. The third-order valence-electron chi connectivity index (χ3n) is 4.79. The Bertz CT molecular complexity index is 712. The Morgan fingerprint density at radius 2 is 2.00 bits per heavy atom. The molecule has 3 nitrogen and oxygen atoms in total. The minimum atomic E-state index is 0.135. The van der Waals surface area contributed by atoms with Gasteiger partial charge in [0.05, 0.1) is 6.54 Å². The van der Waals surface area contributed by atoms with Crippen LogP contribution in [-0.2, 0) is 24.2 Å². The fraction of sp³-hybridized carbons (Fsp3) is 0.450. The van der Waals surface area contributed by atoms with Gasteiger partial charge in [0.2, 0.25) is 5.91 Å². The van der Waals surface area contributed by atoms with Crippen LogP contribution >= 0.6 is 11.3 Å². The van der Waals surface area contributed by atoms with E-state index in [9.17, 15) is 4.79 Å². The number of amides is 1. The molecule has 0 saturated carbocycles. The van der Waals surface area contributed by atoms with E-state index in [0.29, 0.717) is 13.1 Å². The molecule has 0 radical (unpaired) electrons. The number of thiophene rings is 1. The van der Waals surface area contributed by atoms with Crippen molar-refractivity contribution in [3.8, 4) is 0 Å². The van der Waals surface area contributed by atoms with E-state index in [4.69, 9.17) is 0 Å². The molecule has 0 spiro atoms. The number of hydrogen-bond acceptors (Lipinski definition) is 3. The number of hydrogen-bond donors (Lipinski definition) is 1. The molecule has 128 valence electrons.